The van der Waals surface area contributed by atoms with Crippen LogP contribution in [0, 0.1) is 12.3 Å². The molecule has 0 aliphatic carbocycles. The maximum atomic E-state index is 6.14. The molecule has 0 fully saturated rings. The third-order valence-electron chi connectivity index (χ3n) is 5.98. The van der Waals surface area contributed by atoms with Crippen molar-refractivity contribution in [2.24, 2.45) is 0 Å². The summed E-state index contributed by atoms with van der Waals surface area (Å²) >= 11 is 0. The first-order valence-electron chi connectivity index (χ1n) is 11.8. The SMILES string of the molecule is C#CC(OCOCc1ccccc1)c1c(-c2ccoc2)n(COCc2ccccc2)c2ccccc12. The zero-order valence-corrected chi connectivity index (χ0v) is 19.9. The number of aromatic nitrogens is 1. The molecule has 5 rings (SSSR count). The van der Waals surface area contributed by atoms with Gasteiger partial charge in [0.2, 0.25) is 0 Å². The van der Waals surface area contributed by atoms with Gasteiger partial charge in [-0.3, -0.25) is 0 Å². The van der Waals surface area contributed by atoms with Gasteiger partial charge in [0.05, 0.1) is 37.0 Å². The van der Waals surface area contributed by atoms with E-state index in [0.717, 1.165) is 38.9 Å². The second-order valence-corrected chi connectivity index (χ2v) is 8.35. The fourth-order valence-corrected chi connectivity index (χ4v) is 4.33. The number of furan rings is 1. The summed E-state index contributed by atoms with van der Waals surface area (Å²) in [6.45, 7) is 1.36. The Morgan fingerprint density at radius 1 is 0.806 bits per heavy atom. The van der Waals surface area contributed by atoms with Gasteiger partial charge in [-0.05, 0) is 23.3 Å². The van der Waals surface area contributed by atoms with Gasteiger partial charge < -0.3 is 23.2 Å². The lowest BCUT2D eigenvalue weighted by Gasteiger charge is -2.16. The van der Waals surface area contributed by atoms with E-state index in [0.29, 0.717) is 19.9 Å². The van der Waals surface area contributed by atoms with E-state index in [4.69, 9.17) is 25.1 Å². The standard InChI is InChI=1S/C31H27NO4/c1-2-29(36-23-35-20-25-13-7-4-8-14-25)30-27-15-9-10-16-28(27)32(31(30)26-17-18-33-21-26)22-34-19-24-11-5-3-6-12-24/h1,3-18,21,29H,19-20,22-23H2. The van der Waals surface area contributed by atoms with Crippen molar-refractivity contribution in [1.82, 2.24) is 4.57 Å². The van der Waals surface area contributed by atoms with Crippen LogP contribution in [0.3, 0.4) is 0 Å². The molecule has 0 radical (unpaired) electrons. The third kappa shape index (κ3) is 5.27. The van der Waals surface area contributed by atoms with E-state index < -0.39 is 6.10 Å². The number of hydrogen-bond donors (Lipinski definition) is 0. The van der Waals surface area contributed by atoms with E-state index in [-0.39, 0.29) is 6.79 Å². The molecular formula is C31H27NO4. The number of nitrogens with zero attached hydrogens (tertiary/aromatic N) is 1. The molecule has 0 N–H and O–H groups in total. The average Bonchev–Trinajstić information content (AvgIpc) is 3.57. The van der Waals surface area contributed by atoms with E-state index in [1.54, 1.807) is 12.5 Å². The first kappa shape index (κ1) is 23.7. The van der Waals surface area contributed by atoms with Gasteiger partial charge in [0.25, 0.3) is 0 Å². The molecule has 0 amide bonds. The monoisotopic (exact) mass is 477 g/mol. The highest BCUT2D eigenvalue weighted by molar-refractivity contribution is 5.92. The zero-order chi connectivity index (χ0) is 24.6. The number of benzene rings is 3. The van der Waals surface area contributed by atoms with Crippen molar-refractivity contribution in [3.8, 4) is 23.6 Å². The summed E-state index contributed by atoms with van der Waals surface area (Å²) in [5.74, 6) is 2.82. The van der Waals surface area contributed by atoms with Crippen LogP contribution in [0.4, 0.5) is 0 Å². The van der Waals surface area contributed by atoms with Crippen molar-refractivity contribution in [1.29, 1.82) is 0 Å². The van der Waals surface area contributed by atoms with Crippen molar-refractivity contribution < 1.29 is 18.6 Å². The van der Waals surface area contributed by atoms with E-state index in [2.05, 4.69) is 22.6 Å². The van der Waals surface area contributed by atoms with Crippen molar-refractivity contribution in [2.75, 3.05) is 6.79 Å². The van der Waals surface area contributed by atoms with Crippen LogP contribution in [-0.2, 0) is 34.2 Å². The molecule has 0 saturated heterocycles. The number of rotatable bonds is 11. The van der Waals surface area contributed by atoms with Crippen LogP contribution in [0.15, 0.2) is 108 Å². The minimum absolute atomic E-state index is 0.0681. The molecule has 1 unspecified atom stereocenters. The fraction of sp³-hybridized carbons (Fsp3) is 0.161. The molecule has 2 aromatic heterocycles. The Kier molecular flexibility index (Phi) is 7.60. The van der Waals surface area contributed by atoms with Gasteiger partial charge in [-0.25, -0.2) is 0 Å². The highest BCUT2D eigenvalue weighted by Gasteiger charge is 2.25. The predicted octanol–water partition coefficient (Wildman–Crippen LogP) is 6.94. The maximum Gasteiger partial charge on any atom is 0.149 e. The third-order valence-corrected chi connectivity index (χ3v) is 5.98. The Bertz CT molecular complexity index is 1420. The van der Waals surface area contributed by atoms with Crippen LogP contribution in [0.2, 0.25) is 0 Å². The largest absolute Gasteiger partial charge is 0.472 e. The first-order valence-corrected chi connectivity index (χ1v) is 11.8. The lowest BCUT2D eigenvalue weighted by atomic mass is 10.0. The minimum Gasteiger partial charge on any atom is -0.472 e. The lowest BCUT2D eigenvalue weighted by Crippen LogP contribution is -2.09. The second kappa shape index (κ2) is 11.6. The molecule has 0 saturated carbocycles. The number of hydrogen-bond acceptors (Lipinski definition) is 4. The van der Waals surface area contributed by atoms with Crippen molar-refractivity contribution in [3.63, 3.8) is 0 Å². The predicted molar refractivity (Wildman–Crippen MR) is 140 cm³/mol. The minimum atomic E-state index is -0.619. The van der Waals surface area contributed by atoms with Crippen molar-refractivity contribution >= 4 is 10.9 Å². The molecule has 5 heteroatoms. The van der Waals surface area contributed by atoms with Gasteiger partial charge in [-0.2, -0.15) is 0 Å². The van der Waals surface area contributed by atoms with Gasteiger partial charge in [0.1, 0.15) is 19.6 Å². The smallest absolute Gasteiger partial charge is 0.149 e. The molecule has 5 aromatic rings. The van der Waals surface area contributed by atoms with Gasteiger partial charge in [0.15, 0.2) is 0 Å². The van der Waals surface area contributed by atoms with E-state index in [9.17, 15) is 0 Å². The number of para-hydroxylation sites is 1. The topological polar surface area (TPSA) is 45.8 Å². The quantitative estimate of drug-likeness (QED) is 0.117. The van der Waals surface area contributed by atoms with Gasteiger partial charge in [0, 0.05) is 16.5 Å². The Morgan fingerprint density at radius 3 is 2.14 bits per heavy atom. The lowest BCUT2D eigenvalue weighted by molar-refractivity contribution is -0.0805. The second-order valence-electron chi connectivity index (χ2n) is 8.35. The summed E-state index contributed by atoms with van der Waals surface area (Å²) < 4.78 is 25.6. The number of terminal acetylenes is 1. The molecule has 0 spiro atoms. The summed E-state index contributed by atoms with van der Waals surface area (Å²) in [6.07, 6.45) is 8.75. The molecule has 0 bridgehead atoms. The molecule has 36 heavy (non-hydrogen) atoms. The maximum absolute atomic E-state index is 6.14. The molecule has 0 aliphatic rings. The van der Waals surface area contributed by atoms with Crippen LogP contribution in [0.5, 0.6) is 0 Å². The molecule has 0 aliphatic heterocycles. The van der Waals surface area contributed by atoms with Crippen molar-refractivity contribution in [3.05, 3.63) is 120 Å². The molecular weight excluding hydrogens is 450 g/mol. The molecule has 2 heterocycles. The Morgan fingerprint density at radius 2 is 1.47 bits per heavy atom. The first-order chi connectivity index (χ1) is 17.8. The van der Waals surface area contributed by atoms with Crippen LogP contribution < -0.4 is 0 Å². The average molecular weight is 478 g/mol. The van der Waals surface area contributed by atoms with Crippen LogP contribution in [-0.4, -0.2) is 11.4 Å². The highest BCUT2D eigenvalue weighted by Crippen LogP contribution is 2.39. The Balaban J connectivity index is 1.43. The number of ether oxygens (including phenoxy) is 3. The van der Waals surface area contributed by atoms with Gasteiger partial charge in [-0.1, -0.05) is 84.8 Å². The normalized spacial score (nSPS) is 12.0. The Hall–Kier alpha value is -4.08. The number of fused-ring (bicyclic) bond motifs is 1. The summed E-state index contributed by atoms with van der Waals surface area (Å²) in [4.78, 5) is 0. The molecule has 180 valence electrons. The van der Waals surface area contributed by atoms with Crippen LogP contribution in [0.1, 0.15) is 22.8 Å². The fourth-order valence-electron chi connectivity index (χ4n) is 4.33. The van der Waals surface area contributed by atoms with Gasteiger partial charge in [-0.15, -0.1) is 6.42 Å². The van der Waals surface area contributed by atoms with E-state index in [1.165, 1.54) is 0 Å². The molecule has 1 atom stereocenters. The Labute approximate surface area is 210 Å². The summed E-state index contributed by atoms with van der Waals surface area (Å²) in [5, 5.41) is 1.00. The zero-order valence-electron chi connectivity index (χ0n) is 19.9. The van der Waals surface area contributed by atoms with Crippen LogP contribution >= 0.6 is 0 Å². The van der Waals surface area contributed by atoms with Crippen LogP contribution in [0.25, 0.3) is 22.2 Å². The summed E-state index contributed by atoms with van der Waals surface area (Å²) in [6, 6.07) is 30.1. The van der Waals surface area contributed by atoms with E-state index in [1.807, 2.05) is 78.9 Å². The van der Waals surface area contributed by atoms with Crippen molar-refractivity contribution in [2.45, 2.75) is 26.0 Å². The summed E-state index contributed by atoms with van der Waals surface area (Å²) in [7, 11) is 0. The summed E-state index contributed by atoms with van der Waals surface area (Å²) in [5.41, 5.74) is 5.89. The molecule has 3 aromatic carbocycles. The highest BCUT2D eigenvalue weighted by atomic mass is 16.7. The van der Waals surface area contributed by atoms with Gasteiger partial charge >= 0.3 is 0 Å². The van der Waals surface area contributed by atoms with E-state index >= 15 is 0 Å². The molecule has 5 nitrogen and oxygen atoms in total.